The molecule has 0 radical (unpaired) electrons. The van der Waals surface area contributed by atoms with Crippen LogP contribution in [0.25, 0.3) is 11.4 Å². The summed E-state index contributed by atoms with van der Waals surface area (Å²) in [6, 6.07) is 18.0. The molecule has 146 valence electrons. The fraction of sp³-hybridized carbons (Fsp3) is 0.364. The van der Waals surface area contributed by atoms with E-state index < -0.39 is 0 Å². The summed E-state index contributed by atoms with van der Waals surface area (Å²) in [4.78, 5) is 6.93. The summed E-state index contributed by atoms with van der Waals surface area (Å²) in [5, 5.41) is 4.11. The van der Waals surface area contributed by atoms with Gasteiger partial charge in [0.25, 0.3) is 5.89 Å². The zero-order chi connectivity index (χ0) is 19.0. The minimum absolute atomic E-state index is 0.260. The molecule has 1 aromatic heterocycles. The number of para-hydroxylation sites is 1. The Morgan fingerprint density at radius 2 is 1.86 bits per heavy atom. The first-order chi connectivity index (χ1) is 13.9. The van der Waals surface area contributed by atoms with Crippen LogP contribution in [-0.2, 0) is 17.8 Å². The number of benzene rings is 2. The molecule has 0 N–H and O–H groups in total. The number of morpholine rings is 1. The molecule has 0 amide bonds. The molecule has 4 rings (SSSR count). The summed E-state index contributed by atoms with van der Waals surface area (Å²) in [7, 11) is 0. The van der Waals surface area contributed by atoms with Crippen molar-refractivity contribution in [2.75, 3.05) is 32.8 Å². The smallest absolute Gasteiger partial charge is 0.264 e. The van der Waals surface area contributed by atoms with Gasteiger partial charge in [0.1, 0.15) is 5.75 Å². The molecule has 6 heteroatoms. The van der Waals surface area contributed by atoms with Gasteiger partial charge in [-0.05, 0) is 43.1 Å². The molecule has 2 heterocycles. The van der Waals surface area contributed by atoms with Crippen LogP contribution in [0.4, 0.5) is 0 Å². The molecular weight excluding hydrogens is 354 g/mol. The van der Waals surface area contributed by atoms with Gasteiger partial charge in [0.15, 0.2) is 6.61 Å². The molecule has 1 saturated heterocycles. The molecule has 28 heavy (non-hydrogen) atoms. The fourth-order valence-electron chi connectivity index (χ4n) is 3.29. The minimum atomic E-state index is 0.260. The highest BCUT2D eigenvalue weighted by Crippen LogP contribution is 2.19. The molecule has 0 bridgehead atoms. The maximum atomic E-state index is 5.67. The Kier molecular flexibility index (Phi) is 6.32. The average Bonchev–Trinajstić information content (AvgIpc) is 3.23. The molecule has 0 unspecified atom stereocenters. The van der Waals surface area contributed by atoms with Gasteiger partial charge < -0.3 is 14.0 Å². The van der Waals surface area contributed by atoms with Gasteiger partial charge in [0, 0.05) is 18.7 Å². The third-order valence-corrected chi connectivity index (χ3v) is 4.80. The van der Waals surface area contributed by atoms with Crippen LogP contribution in [-0.4, -0.2) is 47.9 Å². The third-order valence-electron chi connectivity index (χ3n) is 4.80. The number of hydrogen-bond donors (Lipinski definition) is 0. The molecule has 0 atom stereocenters. The van der Waals surface area contributed by atoms with Crippen molar-refractivity contribution in [2.45, 2.75) is 19.4 Å². The van der Waals surface area contributed by atoms with Crippen molar-refractivity contribution < 1.29 is 14.0 Å². The summed E-state index contributed by atoms with van der Waals surface area (Å²) in [5.41, 5.74) is 2.26. The standard InChI is InChI=1S/C22H25N3O3/c1-2-9-20(10-3-1)27-17-21-23-22(24-28-21)19-8-4-6-18(16-19)7-5-11-25-12-14-26-15-13-25/h1-4,6,8-10,16H,5,7,11-15,17H2. The highest BCUT2D eigenvalue weighted by atomic mass is 16.5. The first-order valence-corrected chi connectivity index (χ1v) is 9.77. The topological polar surface area (TPSA) is 60.6 Å². The number of nitrogens with zero attached hydrogens (tertiary/aromatic N) is 3. The molecular formula is C22H25N3O3. The van der Waals surface area contributed by atoms with Gasteiger partial charge >= 0.3 is 0 Å². The molecule has 2 aromatic carbocycles. The lowest BCUT2D eigenvalue weighted by Crippen LogP contribution is -2.36. The number of aryl methyl sites for hydroxylation is 1. The predicted molar refractivity (Wildman–Crippen MR) is 106 cm³/mol. The van der Waals surface area contributed by atoms with Crippen LogP contribution in [0.2, 0.25) is 0 Å². The molecule has 1 aliphatic heterocycles. The summed E-state index contributed by atoms with van der Waals surface area (Å²) >= 11 is 0. The van der Waals surface area contributed by atoms with E-state index in [9.17, 15) is 0 Å². The second kappa shape index (κ2) is 9.48. The van der Waals surface area contributed by atoms with Gasteiger partial charge in [-0.1, -0.05) is 41.6 Å². The highest BCUT2D eigenvalue weighted by Gasteiger charge is 2.11. The van der Waals surface area contributed by atoms with Crippen LogP contribution in [0.1, 0.15) is 17.9 Å². The van der Waals surface area contributed by atoms with Crippen molar-refractivity contribution in [1.82, 2.24) is 15.0 Å². The van der Waals surface area contributed by atoms with Crippen LogP contribution in [0, 0.1) is 0 Å². The maximum absolute atomic E-state index is 5.67. The van der Waals surface area contributed by atoms with Crippen molar-refractivity contribution in [1.29, 1.82) is 0 Å². The van der Waals surface area contributed by atoms with Gasteiger partial charge in [-0.25, -0.2) is 0 Å². The van der Waals surface area contributed by atoms with Crippen LogP contribution < -0.4 is 4.74 Å². The fourth-order valence-corrected chi connectivity index (χ4v) is 3.29. The van der Waals surface area contributed by atoms with Gasteiger partial charge in [0.05, 0.1) is 13.2 Å². The van der Waals surface area contributed by atoms with Crippen LogP contribution in [0.3, 0.4) is 0 Å². The predicted octanol–water partition coefficient (Wildman–Crippen LogP) is 3.58. The molecule has 1 fully saturated rings. The molecule has 6 nitrogen and oxygen atoms in total. The Morgan fingerprint density at radius 1 is 1.00 bits per heavy atom. The van der Waals surface area contributed by atoms with E-state index in [2.05, 4.69) is 33.2 Å². The first-order valence-electron chi connectivity index (χ1n) is 9.77. The van der Waals surface area contributed by atoms with Crippen LogP contribution in [0.5, 0.6) is 5.75 Å². The van der Waals surface area contributed by atoms with Crippen molar-refractivity contribution in [3.05, 3.63) is 66.1 Å². The zero-order valence-electron chi connectivity index (χ0n) is 15.9. The van der Waals surface area contributed by atoms with E-state index >= 15 is 0 Å². The lowest BCUT2D eigenvalue weighted by molar-refractivity contribution is 0.0375. The summed E-state index contributed by atoms with van der Waals surface area (Å²) in [6.07, 6.45) is 2.17. The second-order valence-electron chi connectivity index (χ2n) is 6.87. The minimum Gasteiger partial charge on any atom is -0.484 e. The number of rotatable bonds is 8. The first kappa shape index (κ1) is 18.7. The van der Waals surface area contributed by atoms with E-state index in [4.69, 9.17) is 14.0 Å². The number of ether oxygens (including phenoxy) is 2. The van der Waals surface area contributed by atoms with Crippen molar-refractivity contribution in [3.63, 3.8) is 0 Å². The van der Waals surface area contributed by atoms with Gasteiger partial charge in [-0.15, -0.1) is 0 Å². The number of hydrogen-bond acceptors (Lipinski definition) is 6. The molecule has 0 spiro atoms. The van der Waals surface area contributed by atoms with Crippen molar-refractivity contribution in [2.24, 2.45) is 0 Å². The molecule has 0 aliphatic carbocycles. The molecule has 3 aromatic rings. The van der Waals surface area contributed by atoms with E-state index in [0.29, 0.717) is 11.7 Å². The average molecular weight is 379 g/mol. The Morgan fingerprint density at radius 3 is 2.71 bits per heavy atom. The Labute approximate surface area is 165 Å². The van der Waals surface area contributed by atoms with Gasteiger partial charge in [-0.3, -0.25) is 4.90 Å². The molecule has 1 aliphatic rings. The van der Waals surface area contributed by atoms with Crippen molar-refractivity contribution in [3.8, 4) is 17.1 Å². The summed E-state index contributed by atoms with van der Waals surface area (Å²) < 4.78 is 16.4. The SMILES string of the molecule is c1ccc(OCc2nc(-c3cccc(CCCN4CCOCC4)c3)no2)cc1. The van der Waals surface area contributed by atoms with Crippen molar-refractivity contribution >= 4 is 0 Å². The monoisotopic (exact) mass is 379 g/mol. The number of aromatic nitrogens is 2. The zero-order valence-corrected chi connectivity index (χ0v) is 15.9. The van der Waals surface area contributed by atoms with Gasteiger partial charge in [-0.2, -0.15) is 4.98 Å². The maximum Gasteiger partial charge on any atom is 0.264 e. The normalized spacial score (nSPS) is 14.9. The van der Waals surface area contributed by atoms with Crippen LogP contribution in [0.15, 0.2) is 59.1 Å². The lowest BCUT2D eigenvalue weighted by atomic mass is 10.1. The Balaban J connectivity index is 1.31. The second-order valence-corrected chi connectivity index (χ2v) is 6.87. The van der Waals surface area contributed by atoms with Crippen LogP contribution >= 0.6 is 0 Å². The quantitative estimate of drug-likeness (QED) is 0.596. The summed E-state index contributed by atoms with van der Waals surface area (Å²) in [6.45, 7) is 5.15. The lowest BCUT2D eigenvalue weighted by Gasteiger charge is -2.26. The van der Waals surface area contributed by atoms with E-state index in [1.165, 1.54) is 5.56 Å². The van der Waals surface area contributed by atoms with E-state index in [1.54, 1.807) is 0 Å². The Hall–Kier alpha value is -2.70. The largest absolute Gasteiger partial charge is 0.484 e. The van der Waals surface area contributed by atoms with E-state index in [1.807, 2.05) is 36.4 Å². The Bertz CT molecular complexity index is 860. The molecule has 0 saturated carbocycles. The highest BCUT2D eigenvalue weighted by molar-refractivity contribution is 5.55. The van der Waals surface area contributed by atoms with Gasteiger partial charge in [0.2, 0.25) is 5.82 Å². The van der Waals surface area contributed by atoms with E-state index in [-0.39, 0.29) is 6.61 Å². The van der Waals surface area contributed by atoms with E-state index in [0.717, 1.165) is 57.0 Å². The third kappa shape index (κ3) is 5.18. The summed E-state index contributed by atoms with van der Waals surface area (Å²) in [5.74, 6) is 1.85.